The molecule has 1 aromatic carbocycles. The van der Waals surface area contributed by atoms with Crippen molar-refractivity contribution in [3.05, 3.63) is 52.5 Å². The highest BCUT2D eigenvalue weighted by atomic mass is 79.9. The molecule has 16 heavy (non-hydrogen) atoms. The number of nitrogens with one attached hydrogen (secondary N) is 2. The van der Waals surface area contributed by atoms with Crippen LogP contribution in [0.3, 0.4) is 0 Å². The zero-order valence-corrected chi connectivity index (χ0v) is 10.7. The zero-order chi connectivity index (χ0) is 11.4. The number of imidazole rings is 1. The average molecular weight is 280 g/mol. The van der Waals surface area contributed by atoms with E-state index in [1.54, 1.807) is 6.20 Å². The molecule has 0 radical (unpaired) electrons. The topological polar surface area (TPSA) is 40.7 Å². The van der Waals surface area contributed by atoms with E-state index in [0.717, 1.165) is 16.7 Å². The van der Waals surface area contributed by atoms with Crippen molar-refractivity contribution < 1.29 is 0 Å². The van der Waals surface area contributed by atoms with E-state index < -0.39 is 0 Å². The molecule has 1 unspecified atom stereocenters. The fraction of sp³-hybridized carbons (Fsp3) is 0.250. The Hall–Kier alpha value is -1.13. The van der Waals surface area contributed by atoms with Crippen LogP contribution in [0.5, 0.6) is 0 Å². The van der Waals surface area contributed by atoms with E-state index in [1.807, 2.05) is 25.4 Å². The summed E-state index contributed by atoms with van der Waals surface area (Å²) in [5.74, 6) is 0.995. The lowest BCUT2D eigenvalue weighted by Gasteiger charge is -2.16. The number of halogens is 1. The Bertz CT molecular complexity index is 439. The van der Waals surface area contributed by atoms with Crippen molar-refractivity contribution in [3.8, 4) is 0 Å². The molecule has 0 aliphatic heterocycles. The normalized spacial score (nSPS) is 12.6. The van der Waals surface area contributed by atoms with Crippen LogP contribution in [0, 0.1) is 0 Å². The minimum Gasteiger partial charge on any atom is -0.349 e. The fourth-order valence-electron chi connectivity index (χ4n) is 1.73. The third kappa shape index (κ3) is 2.51. The molecule has 1 heterocycles. The fourth-order valence-corrected chi connectivity index (χ4v) is 2.29. The van der Waals surface area contributed by atoms with Crippen molar-refractivity contribution >= 4 is 15.9 Å². The maximum absolute atomic E-state index is 4.25. The molecule has 0 saturated carbocycles. The van der Waals surface area contributed by atoms with E-state index in [1.165, 1.54) is 5.56 Å². The number of aromatic amines is 1. The van der Waals surface area contributed by atoms with Gasteiger partial charge in [0.05, 0.1) is 0 Å². The van der Waals surface area contributed by atoms with Crippen LogP contribution in [0.25, 0.3) is 0 Å². The summed E-state index contributed by atoms with van der Waals surface area (Å²) in [6, 6.07) is 8.51. The van der Waals surface area contributed by atoms with Gasteiger partial charge in [0, 0.05) is 29.3 Å². The summed E-state index contributed by atoms with van der Waals surface area (Å²) >= 11 is 3.57. The maximum Gasteiger partial charge on any atom is 0.107 e. The highest BCUT2D eigenvalue weighted by Crippen LogP contribution is 2.24. The highest BCUT2D eigenvalue weighted by Gasteiger charge is 2.13. The van der Waals surface area contributed by atoms with E-state index >= 15 is 0 Å². The number of benzene rings is 1. The van der Waals surface area contributed by atoms with Crippen LogP contribution in [0.2, 0.25) is 0 Å². The lowest BCUT2D eigenvalue weighted by Crippen LogP contribution is -2.19. The minimum atomic E-state index is 0.265. The number of H-pyrrole nitrogens is 1. The third-order valence-corrected chi connectivity index (χ3v) is 3.30. The Balaban J connectivity index is 2.20. The first-order chi connectivity index (χ1) is 7.81. The van der Waals surface area contributed by atoms with Gasteiger partial charge in [0.2, 0.25) is 0 Å². The van der Waals surface area contributed by atoms with Gasteiger partial charge in [-0.1, -0.05) is 34.1 Å². The van der Waals surface area contributed by atoms with Crippen molar-refractivity contribution in [2.45, 2.75) is 12.5 Å². The molecule has 3 nitrogen and oxygen atoms in total. The molecule has 0 saturated heterocycles. The van der Waals surface area contributed by atoms with Crippen LogP contribution in [0.1, 0.15) is 17.4 Å². The standard InChI is InChI=1S/C12H14BrN3/c1-14-11(8-12-15-6-7-16-12)9-4-2-3-5-10(9)13/h2-7,11,14H,8H2,1H3,(H,15,16). The van der Waals surface area contributed by atoms with Crippen LogP contribution in [-0.2, 0) is 6.42 Å². The van der Waals surface area contributed by atoms with Crippen molar-refractivity contribution in [2.24, 2.45) is 0 Å². The molecule has 84 valence electrons. The SMILES string of the molecule is CNC(Cc1ncc[nH]1)c1ccccc1Br. The van der Waals surface area contributed by atoms with Gasteiger partial charge in [-0.2, -0.15) is 0 Å². The number of hydrogen-bond acceptors (Lipinski definition) is 2. The Labute approximate surface area is 103 Å². The van der Waals surface area contributed by atoms with Gasteiger partial charge in [0.15, 0.2) is 0 Å². The van der Waals surface area contributed by atoms with Crippen LogP contribution in [0.15, 0.2) is 41.1 Å². The summed E-state index contributed by atoms with van der Waals surface area (Å²) < 4.78 is 1.13. The Morgan fingerprint density at radius 1 is 1.44 bits per heavy atom. The molecule has 0 aliphatic rings. The predicted molar refractivity (Wildman–Crippen MR) is 68.2 cm³/mol. The highest BCUT2D eigenvalue weighted by molar-refractivity contribution is 9.10. The molecule has 2 N–H and O–H groups in total. The molecule has 0 fully saturated rings. The van der Waals surface area contributed by atoms with Gasteiger partial charge >= 0.3 is 0 Å². The zero-order valence-electron chi connectivity index (χ0n) is 9.07. The Kier molecular flexibility index (Phi) is 3.74. The molecule has 0 amide bonds. The van der Waals surface area contributed by atoms with Crippen molar-refractivity contribution in [2.75, 3.05) is 7.05 Å². The van der Waals surface area contributed by atoms with E-state index in [2.05, 4.69) is 43.3 Å². The third-order valence-electron chi connectivity index (χ3n) is 2.58. The van der Waals surface area contributed by atoms with E-state index in [4.69, 9.17) is 0 Å². The van der Waals surface area contributed by atoms with Gasteiger partial charge in [-0.05, 0) is 18.7 Å². The number of rotatable bonds is 4. The average Bonchev–Trinajstić information content (AvgIpc) is 2.80. The molecule has 0 aliphatic carbocycles. The second kappa shape index (κ2) is 5.27. The van der Waals surface area contributed by atoms with Crippen molar-refractivity contribution in [1.29, 1.82) is 0 Å². The van der Waals surface area contributed by atoms with Gasteiger partial charge in [-0.15, -0.1) is 0 Å². The molecular weight excluding hydrogens is 266 g/mol. The smallest absolute Gasteiger partial charge is 0.107 e. The second-order valence-corrected chi connectivity index (χ2v) is 4.46. The molecule has 0 bridgehead atoms. The van der Waals surface area contributed by atoms with Crippen LogP contribution < -0.4 is 5.32 Å². The van der Waals surface area contributed by atoms with E-state index in [0.29, 0.717) is 0 Å². The molecule has 1 atom stereocenters. The summed E-state index contributed by atoms with van der Waals surface area (Å²) in [5.41, 5.74) is 1.25. The molecule has 4 heteroatoms. The molecule has 0 spiro atoms. The van der Waals surface area contributed by atoms with Crippen molar-refractivity contribution in [1.82, 2.24) is 15.3 Å². The van der Waals surface area contributed by atoms with Gasteiger partial charge in [0.1, 0.15) is 5.82 Å². The summed E-state index contributed by atoms with van der Waals surface area (Å²) in [7, 11) is 1.97. The first-order valence-corrected chi connectivity index (χ1v) is 6.00. The molecule has 1 aromatic heterocycles. The summed E-state index contributed by atoms with van der Waals surface area (Å²) in [6.07, 6.45) is 4.48. The predicted octanol–water partition coefficient (Wildman–Crippen LogP) is 2.68. The quantitative estimate of drug-likeness (QED) is 0.904. The van der Waals surface area contributed by atoms with Gasteiger partial charge in [-0.25, -0.2) is 4.98 Å². The van der Waals surface area contributed by atoms with Gasteiger partial charge in [0.25, 0.3) is 0 Å². The van der Waals surface area contributed by atoms with E-state index in [9.17, 15) is 0 Å². The summed E-state index contributed by atoms with van der Waals surface area (Å²) in [6.45, 7) is 0. The lowest BCUT2D eigenvalue weighted by molar-refractivity contribution is 0.576. The lowest BCUT2D eigenvalue weighted by atomic mass is 10.0. The Morgan fingerprint density at radius 3 is 2.88 bits per heavy atom. The van der Waals surface area contributed by atoms with Crippen molar-refractivity contribution in [3.63, 3.8) is 0 Å². The van der Waals surface area contributed by atoms with Crippen LogP contribution >= 0.6 is 15.9 Å². The summed E-state index contributed by atoms with van der Waals surface area (Å²) in [5, 5.41) is 3.31. The number of hydrogen-bond donors (Lipinski definition) is 2. The summed E-state index contributed by atoms with van der Waals surface area (Å²) in [4.78, 5) is 7.37. The van der Waals surface area contributed by atoms with Gasteiger partial charge < -0.3 is 10.3 Å². The molecule has 2 aromatic rings. The first kappa shape index (κ1) is 11.4. The minimum absolute atomic E-state index is 0.265. The number of nitrogens with zero attached hydrogens (tertiary/aromatic N) is 1. The largest absolute Gasteiger partial charge is 0.349 e. The van der Waals surface area contributed by atoms with Crippen LogP contribution in [0.4, 0.5) is 0 Å². The molecule has 2 rings (SSSR count). The van der Waals surface area contributed by atoms with E-state index in [-0.39, 0.29) is 6.04 Å². The van der Waals surface area contributed by atoms with Crippen LogP contribution in [-0.4, -0.2) is 17.0 Å². The second-order valence-electron chi connectivity index (χ2n) is 3.60. The Morgan fingerprint density at radius 2 is 2.25 bits per heavy atom. The number of likely N-dealkylation sites (N-methyl/N-ethyl adjacent to an activating group) is 1. The first-order valence-electron chi connectivity index (χ1n) is 5.21. The molecular formula is C12H14BrN3. The monoisotopic (exact) mass is 279 g/mol. The maximum atomic E-state index is 4.25. The van der Waals surface area contributed by atoms with Gasteiger partial charge in [-0.3, -0.25) is 0 Å². The number of aromatic nitrogens is 2.